The molecule has 94 valence electrons. The summed E-state index contributed by atoms with van der Waals surface area (Å²) >= 11 is 6.02. The first kappa shape index (κ1) is 12.8. The first-order valence-electron chi connectivity index (χ1n) is 5.86. The SMILES string of the molecule is CCC1(C)COC(c2ccc(F)cc2Cl)CN1. The van der Waals surface area contributed by atoms with Crippen LogP contribution in [0.3, 0.4) is 0 Å². The molecule has 17 heavy (non-hydrogen) atoms. The van der Waals surface area contributed by atoms with Crippen molar-refractivity contribution in [1.82, 2.24) is 5.32 Å². The lowest BCUT2D eigenvalue weighted by Gasteiger charge is -2.38. The van der Waals surface area contributed by atoms with Gasteiger partial charge in [0.15, 0.2) is 0 Å². The van der Waals surface area contributed by atoms with Gasteiger partial charge in [0.05, 0.1) is 12.7 Å². The molecule has 0 saturated carbocycles. The lowest BCUT2D eigenvalue weighted by Crippen LogP contribution is -2.52. The van der Waals surface area contributed by atoms with Crippen molar-refractivity contribution < 1.29 is 9.13 Å². The second-order valence-electron chi connectivity index (χ2n) is 4.76. The van der Waals surface area contributed by atoms with E-state index in [2.05, 4.69) is 19.2 Å². The molecular formula is C13H17ClFNO. The second-order valence-corrected chi connectivity index (χ2v) is 5.17. The molecular weight excluding hydrogens is 241 g/mol. The molecule has 2 rings (SSSR count). The molecule has 2 atom stereocenters. The first-order valence-corrected chi connectivity index (χ1v) is 6.23. The molecule has 4 heteroatoms. The van der Waals surface area contributed by atoms with E-state index in [0.29, 0.717) is 18.2 Å². The highest BCUT2D eigenvalue weighted by Gasteiger charge is 2.30. The lowest BCUT2D eigenvalue weighted by atomic mass is 9.96. The fourth-order valence-electron chi connectivity index (χ4n) is 1.92. The Hall–Kier alpha value is -0.640. The number of rotatable bonds is 2. The number of hydrogen-bond donors (Lipinski definition) is 1. The van der Waals surface area contributed by atoms with Gasteiger partial charge in [0.1, 0.15) is 5.82 Å². The average Bonchev–Trinajstić information content (AvgIpc) is 2.31. The number of hydrogen-bond acceptors (Lipinski definition) is 2. The topological polar surface area (TPSA) is 21.3 Å². The van der Waals surface area contributed by atoms with Gasteiger partial charge in [-0.25, -0.2) is 4.39 Å². The molecule has 2 unspecified atom stereocenters. The van der Waals surface area contributed by atoms with E-state index in [1.54, 1.807) is 6.07 Å². The Morgan fingerprint density at radius 1 is 1.59 bits per heavy atom. The molecule has 0 amide bonds. The number of ether oxygens (including phenoxy) is 1. The van der Waals surface area contributed by atoms with E-state index in [4.69, 9.17) is 16.3 Å². The third-order valence-corrected chi connectivity index (χ3v) is 3.73. The van der Waals surface area contributed by atoms with Gasteiger partial charge in [-0.2, -0.15) is 0 Å². The molecule has 0 aromatic heterocycles. The summed E-state index contributed by atoms with van der Waals surface area (Å²) in [6.07, 6.45) is 0.916. The van der Waals surface area contributed by atoms with Gasteiger partial charge in [-0.3, -0.25) is 0 Å². The average molecular weight is 258 g/mol. The fourth-order valence-corrected chi connectivity index (χ4v) is 2.21. The Balaban J connectivity index is 2.10. The maximum Gasteiger partial charge on any atom is 0.124 e. The monoisotopic (exact) mass is 257 g/mol. The summed E-state index contributed by atoms with van der Waals surface area (Å²) in [5, 5.41) is 3.89. The highest BCUT2D eigenvalue weighted by Crippen LogP contribution is 2.30. The van der Waals surface area contributed by atoms with Crippen LogP contribution >= 0.6 is 11.6 Å². The van der Waals surface area contributed by atoms with Gasteiger partial charge in [0.25, 0.3) is 0 Å². The molecule has 1 aliphatic heterocycles. The summed E-state index contributed by atoms with van der Waals surface area (Å²) < 4.78 is 18.8. The summed E-state index contributed by atoms with van der Waals surface area (Å²) in [7, 11) is 0. The predicted octanol–water partition coefficient (Wildman–Crippen LogP) is 3.31. The lowest BCUT2D eigenvalue weighted by molar-refractivity contribution is -0.0299. The molecule has 1 fully saturated rings. The van der Waals surface area contributed by atoms with E-state index >= 15 is 0 Å². The van der Waals surface area contributed by atoms with Crippen molar-refractivity contribution in [2.75, 3.05) is 13.2 Å². The van der Waals surface area contributed by atoms with Crippen LogP contribution < -0.4 is 5.32 Å². The van der Waals surface area contributed by atoms with E-state index < -0.39 is 0 Å². The minimum Gasteiger partial charge on any atom is -0.370 e. The Morgan fingerprint density at radius 3 is 2.88 bits per heavy atom. The standard InChI is InChI=1S/C13H17ClFNO/c1-3-13(2)8-17-12(7-16-13)10-5-4-9(15)6-11(10)14/h4-6,12,16H,3,7-8H2,1-2H3. The Bertz CT molecular complexity index is 402. The summed E-state index contributed by atoms with van der Waals surface area (Å²) in [4.78, 5) is 0. The number of benzene rings is 1. The second kappa shape index (κ2) is 4.92. The van der Waals surface area contributed by atoms with Gasteiger partial charge in [0, 0.05) is 22.7 Å². The highest BCUT2D eigenvalue weighted by molar-refractivity contribution is 6.31. The molecule has 0 radical (unpaired) electrons. The first-order chi connectivity index (χ1) is 8.04. The molecule has 1 aliphatic rings. The van der Waals surface area contributed by atoms with Crippen molar-refractivity contribution in [3.05, 3.63) is 34.6 Å². The van der Waals surface area contributed by atoms with Crippen molar-refractivity contribution in [3.8, 4) is 0 Å². The zero-order valence-electron chi connectivity index (χ0n) is 10.1. The summed E-state index contributed by atoms with van der Waals surface area (Å²) in [6, 6.07) is 4.44. The third kappa shape index (κ3) is 2.79. The fraction of sp³-hybridized carbons (Fsp3) is 0.538. The van der Waals surface area contributed by atoms with Gasteiger partial charge in [0.2, 0.25) is 0 Å². The van der Waals surface area contributed by atoms with Crippen LogP contribution in [0.25, 0.3) is 0 Å². The molecule has 2 nitrogen and oxygen atoms in total. The zero-order chi connectivity index (χ0) is 12.5. The van der Waals surface area contributed by atoms with Crippen molar-refractivity contribution >= 4 is 11.6 Å². The van der Waals surface area contributed by atoms with Crippen LogP contribution in [-0.2, 0) is 4.74 Å². The Labute approximate surface area is 106 Å². The van der Waals surface area contributed by atoms with Gasteiger partial charge in [-0.05, 0) is 25.5 Å². The van der Waals surface area contributed by atoms with Gasteiger partial charge in [-0.15, -0.1) is 0 Å². The maximum absolute atomic E-state index is 13.0. The quantitative estimate of drug-likeness (QED) is 0.878. The van der Waals surface area contributed by atoms with Crippen LogP contribution in [0.4, 0.5) is 4.39 Å². The smallest absolute Gasteiger partial charge is 0.124 e. The van der Waals surface area contributed by atoms with Crippen molar-refractivity contribution in [3.63, 3.8) is 0 Å². The predicted molar refractivity (Wildman–Crippen MR) is 66.8 cm³/mol. The molecule has 0 aliphatic carbocycles. The maximum atomic E-state index is 13.0. The number of halogens is 2. The molecule has 1 aromatic rings. The molecule has 0 bridgehead atoms. The molecule has 1 heterocycles. The van der Waals surface area contributed by atoms with Crippen LogP contribution in [0.1, 0.15) is 31.9 Å². The van der Waals surface area contributed by atoms with E-state index in [1.807, 2.05) is 0 Å². The highest BCUT2D eigenvalue weighted by atomic mass is 35.5. The molecule has 1 aromatic carbocycles. The van der Waals surface area contributed by atoms with Gasteiger partial charge < -0.3 is 10.1 Å². The van der Waals surface area contributed by atoms with E-state index in [0.717, 1.165) is 12.0 Å². The largest absolute Gasteiger partial charge is 0.370 e. The third-order valence-electron chi connectivity index (χ3n) is 3.41. The number of morpholine rings is 1. The Morgan fingerprint density at radius 2 is 2.35 bits per heavy atom. The minimum atomic E-state index is -0.319. The van der Waals surface area contributed by atoms with Crippen LogP contribution in [-0.4, -0.2) is 18.7 Å². The van der Waals surface area contributed by atoms with Crippen molar-refractivity contribution in [2.24, 2.45) is 0 Å². The van der Waals surface area contributed by atoms with E-state index in [1.165, 1.54) is 12.1 Å². The summed E-state index contributed by atoms with van der Waals surface area (Å²) in [5.41, 5.74) is 0.877. The molecule has 0 spiro atoms. The van der Waals surface area contributed by atoms with Crippen molar-refractivity contribution in [1.29, 1.82) is 0 Å². The number of nitrogens with one attached hydrogen (secondary N) is 1. The van der Waals surface area contributed by atoms with Gasteiger partial charge >= 0.3 is 0 Å². The van der Waals surface area contributed by atoms with Crippen LogP contribution in [0.2, 0.25) is 5.02 Å². The summed E-state index contributed by atoms with van der Waals surface area (Å²) in [5.74, 6) is -0.319. The normalized spacial score (nSPS) is 29.3. The summed E-state index contributed by atoms with van der Waals surface area (Å²) in [6.45, 7) is 5.61. The van der Waals surface area contributed by atoms with Gasteiger partial charge in [-0.1, -0.05) is 24.6 Å². The van der Waals surface area contributed by atoms with Crippen LogP contribution in [0, 0.1) is 5.82 Å². The molecule has 1 saturated heterocycles. The van der Waals surface area contributed by atoms with E-state index in [-0.39, 0.29) is 17.5 Å². The Kier molecular flexibility index (Phi) is 3.71. The van der Waals surface area contributed by atoms with Crippen LogP contribution in [0.5, 0.6) is 0 Å². The minimum absolute atomic E-state index is 0.0308. The molecule has 1 N–H and O–H groups in total. The van der Waals surface area contributed by atoms with Crippen molar-refractivity contribution in [2.45, 2.75) is 31.9 Å². The zero-order valence-corrected chi connectivity index (χ0v) is 10.9. The van der Waals surface area contributed by atoms with E-state index in [9.17, 15) is 4.39 Å². The van der Waals surface area contributed by atoms with Crippen LogP contribution in [0.15, 0.2) is 18.2 Å².